The lowest BCUT2D eigenvalue weighted by Crippen LogP contribution is -2.27. The second-order valence-corrected chi connectivity index (χ2v) is 5.19. The molecule has 1 unspecified atom stereocenters. The van der Waals surface area contributed by atoms with Gasteiger partial charge in [-0.1, -0.05) is 6.92 Å². The molecule has 2 heterocycles. The molecule has 4 heteroatoms. The Morgan fingerprint density at radius 1 is 1.71 bits per heavy atom. The van der Waals surface area contributed by atoms with Gasteiger partial charge in [0.2, 0.25) is 5.91 Å². The van der Waals surface area contributed by atoms with Gasteiger partial charge in [-0.3, -0.25) is 4.79 Å². The number of rotatable bonds is 4. The van der Waals surface area contributed by atoms with Gasteiger partial charge >= 0.3 is 0 Å². The molecular weight excluding hydrogens is 232 g/mol. The maximum absolute atomic E-state index is 11.6. The summed E-state index contributed by atoms with van der Waals surface area (Å²) in [5, 5.41) is 3.24. The molecule has 1 atom stereocenters. The van der Waals surface area contributed by atoms with Crippen LogP contribution in [0.3, 0.4) is 0 Å². The number of likely N-dealkylation sites (tertiary alicyclic amines) is 1. The van der Waals surface area contributed by atoms with Crippen LogP contribution in [0.4, 0.5) is 0 Å². The van der Waals surface area contributed by atoms with E-state index in [1.54, 1.807) is 11.3 Å². The third-order valence-corrected chi connectivity index (χ3v) is 4.03. The lowest BCUT2D eigenvalue weighted by atomic mass is 10.1. The Morgan fingerprint density at radius 3 is 3.12 bits per heavy atom. The second kappa shape index (κ2) is 5.33. The van der Waals surface area contributed by atoms with E-state index in [1.807, 2.05) is 4.90 Å². The lowest BCUT2D eigenvalue weighted by Gasteiger charge is -2.14. The summed E-state index contributed by atoms with van der Waals surface area (Å²) in [5.74, 6) is 2.94. The molecule has 1 aromatic heterocycles. The number of thiazole rings is 1. The summed E-state index contributed by atoms with van der Waals surface area (Å²) >= 11 is 1.69. The molecule has 0 aliphatic carbocycles. The van der Waals surface area contributed by atoms with Crippen LogP contribution in [0.1, 0.15) is 24.0 Å². The molecule has 1 amide bonds. The molecule has 90 valence electrons. The molecule has 1 aromatic rings. The highest BCUT2D eigenvalue weighted by Gasteiger charge is 2.27. The standard InChI is InChI=1S/C13H16N2OS/c1-3-10-7-13(16)15(8-10)6-5-11-9-17-12(4-2)14-11/h1,9-10H,4-8H2,2H3. The van der Waals surface area contributed by atoms with Crippen LogP contribution in [0.15, 0.2) is 5.38 Å². The number of aryl methyl sites for hydroxylation is 1. The molecule has 0 N–H and O–H groups in total. The first-order chi connectivity index (χ1) is 8.22. The third-order valence-electron chi connectivity index (χ3n) is 2.99. The van der Waals surface area contributed by atoms with Crippen LogP contribution in [0.25, 0.3) is 0 Å². The molecule has 1 aliphatic rings. The van der Waals surface area contributed by atoms with Crippen molar-refractivity contribution in [3.8, 4) is 12.3 Å². The average molecular weight is 248 g/mol. The van der Waals surface area contributed by atoms with Crippen LogP contribution >= 0.6 is 11.3 Å². The van der Waals surface area contributed by atoms with E-state index in [4.69, 9.17) is 6.42 Å². The number of hydrogen-bond donors (Lipinski definition) is 0. The number of nitrogens with zero attached hydrogens (tertiary/aromatic N) is 2. The number of carbonyl (C=O) groups is 1. The minimum atomic E-state index is 0.101. The monoisotopic (exact) mass is 248 g/mol. The number of terminal acetylenes is 1. The van der Waals surface area contributed by atoms with Crippen molar-refractivity contribution in [2.45, 2.75) is 26.2 Å². The maximum atomic E-state index is 11.6. The zero-order valence-corrected chi connectivity index (χ0v) is 10.8. The molecule has 0 bridgehead atoms. The first-order valence-corrected chi connectivity index (χ1v) is 6.78. The number of aromatic nitrogens is 1. The number of amides is 1. The summed E-state index contributed by atoms with van der Waals surface area (Å²) in [6, 6.07) is 0. The van der Waals surface area contributed by atoms with E-state index in [9.17, 15) is 4.79 Å². The van der Waals surface area contributed by atoms with Crippen molar-refractivity contribution < 1.29 is 4.79 Å². The summed E-state index contributed by atoms with van der Waals surface area (Å²) in [5.41, 5.74) is 1.09. The normalized spacial score (nSPS) is 19.6. The molecular formula is C13H16N2OS. The predicted molar refractivity (Wildman–Crippen MR) is 68.7 cm³/mol. The summed E-state index contributed by atoms with van der Waals surface area (Å²) in [6.45, 7) is 3.55. The predicted octanol–water partition coefficient (Wildman–Crippen LogP) is 1.73. The molecule has 0 saturated carbocycles. The van der Waals surface area contributed by atoms with Gasteiger partial charge in [-0.25, -0.2) is 4.98 Å². The molecule has 17 heavy (non-hydrogen) atoms. The fourth-order valence-corrected chi connectivity index (χ4v) is 2.75. The minimum absolute atomic E-state index is 0.101. The van der Waals surface area contributed by atoms with E-state index in [0.29, 0.717) is 13.0 Å². The van der Waals surface area contributed by atoms with E-state index in [2.05, 4.69) is 23.2 Å². The summed E-state index contributed by atoms with van der Waals surface area (Å²) in [4.78, 5) is 18.0. The van der Waals surface area contributed by atoms with Crippen LogP contribution in [0, 0.1) is 18.3 Å². The third kappa shape index (κ3) is 2.86. The Kier molecular flexibility index (Phi) is 3.80. The van der Waals surface area contributed by atoms with Crippen LogP contribution in [-0.2, 0) is 17.6 Å². The maximum Gasteiger partial charge on any atom is 0.223 e. The first-order valence-electron chi connectivity index (χ1n) is 5.90. The Balaban J connectivity index is 1.86. The molecule has 0 spiro atoms. The van der Waals surface area contributed by atoms with Gasteiger partial charge < -0.3 is 4.90 Å². The van der Waals surface area contributed by atoms with Gasteiger partial charge in [-0.05, 0) is 6.42 Å². The molecule has 1 fully saturated rings. The number of hydrogen-bond acceptors (Lipinski definition) is 3. The average Bonchev–Trinajstić information content (AvgIpc) is 2.93. The van der Waals surface area contributed by atoms with E-state index in [1.165, 1.54) is 0 Å². The van der Waals surface area contributed by atoms with Crippen molar-refractivity contribution >= 4 is 17.2 Å². The Bertz CT molecular complexity index is 447. The molecule has 3 nitrogen and oxygen atoms in total. The molecule has 1 saturated heterocycles. The van der Waals surface area contributed by atoms with Crippen molar-refractivity contribution in [2.24, 2.45) is 5.92 Å². The molecule has 0 radical (unpaired) electrons. The molecule has 1 aliphatic heterocycles. The fourth-order valence-electron chi connectivity index (χ4n) is 1.98. The molecule has 0 aromatic carbocycles. The van der Waals surface area contributed by atoms with Crippen molar-refractivity contribution in [3.05, 3.63) is 16.1 Å². The quantitative estimate of drug-likeness (QED) is 0.760. The van der Waals surface area contributed by atoms with Crippen molar-refractivity contribution in [1.29, 1.82) is 0 Å². The van der Waals surface area contributed by atoms with E-state index >= 15 is 0 Å². The van der Waals surface area contributed by atoms with Crippen LogP contribution in [-0.4, -0.2) is 28.9 Å². The second-order valence-electron chi connectivity index (χ2n) is 4.24. The van der Waals surface area contributed by atoms with Crippen molar-refractivity contribution in [1.82, 2.24) is 9.88 Å². The Labute approximate surface area is 106 Å². The lowest BCUT2D eigenvalue weighted by molar-refractivity contribution is -0.127. The van der Waals surface area contributed by atoms with Gasteiger partial charge in [-0.15, -0.1) is 23.7 Å². The number of carbonyl (C=O) groups excluding carboxylic acids is 1. The Hall–Kier alpha value is -1.34. The highest BCUT2D eigenvalue weighted by molar-refractivity contribution is 7.09. The summed E-state index contributed by atoms with van der Waals surface area (Å²) < 4.78 is 0. The highest BCUT2D eigenvalue weighted by Crippen LogP contribution is 2.18. The van der Waals surface area contributed by atoms with E-state index in [0.717, 1.165) is 30.1 Å². The summed E-state index contributed by atoms with van der Waals surface area (Å²) in [6.07, 6.45) is 7.67. The topological polar surface area (TPSA) is 33.2 Å². The zero-order chi connectivity index (χ0) is 12.3. The SMILES string of the molecule is C#CC1CC(=O)N(CCc2csc(CC)n2)C1. The van der Waals surface area contributed by atoms with Gasteiger partial charge in [0.15, 0.2) is 0 Å². The van der Waals surface area contributed by atoms with Crippen LogP contribution in [0.5, 0.6) is 0 Å². The highest BCUT2D eigenvalue weighted by atomic mass is 32.1. The smallest absolute Gasteiger partial charge is 0.223 e. The first kappa shape index (κ1) is 12.1. The minimum Gasteiger partial charge on any atom is -0.341 e. The van der Waals surface area contributed by atoms with Crippen molar-refractivity contribution in [2.75, 3.05) is 13.1 Å². The van der Waals surface area contributed by atoms with E-state index < -0.39 is 0 Å². The zero-order valence-electron chi connectivity index (χ0n) is 9.98. The van der Waals surface area contributed by atoms with Gasteiger partial charge in [-0.2, -0.15) is 0 Å². The van der Waals surface area contributed by atoms with Crippen LogP contribution < -0.4 is 0 Å². The van der Waals surface area contributed by atoms with Crippen molar-refractivity contribution in [3.63, 3.8) is 0 Å². The summed E-state index contributed by atoms with van der Waals surface area (Å²) in [7, 11) is 0. The van der Waals surface area contributed by atoms with Crippen LogP contribution in [0.2, 0.25) is 0 Å². The van der Waals surface area contributed by atoms with Gasteiger partial charge in [0, 0.05) is 37.2 Å². The fraction of sp³-hybridized carbons (Fsp3) is 0.538. The Morgan fingerprint density at radius 2 is 2.53 bits per heavy atom. The van der Waals surface area contributed by atoms with Gasteiger partial charge in [0.25, 0.3) is 0 Å². The van der Waals surface area contributed by atoms with Gasteiger partial charge in [0.1, 0.15) is 0 Å². The molecule has 2 rings (SSSR count). The van der Waals surface area contributed by atoms with Gasteiger partial charge in [0.05, 0.1) is 10.7 Å². The largest absolute Gasteiger partial charge is 0.341 e. The van der Waals surface area contributed by atoms with E-state index in [-0.39, 0.29) is 11.8 Å².